The van der Waals surface area contributed by atoms with Crippen molar-refractivity contribution in [2.24, 2.45) is 0 Å². The van der Waals surface area contributed by atoms with Crippen LogP contribution in [0, 0.1) is 0 Å². The highest BCUT2D eigenvalue weighted by Gasteiger charge is 2.24. The van der Waals surface area contributed by atoms with E-state index >= 15 is 0 Å². The molecule has 0 spiro atoms. The summed E-state index contributed by atoms with van der Waals surface area (Å²) in [5, 5.41) is 2.87. The van der Waals surface area contributed by atoms with Gasteiger partial charge in [-0.15, -0.1) is 0 Å². The Morgan fingerprint density at radius 3 is 2.55 bits per heavy atom. The van der Waals surface area contributed by atoms with Crippen LogP contribution in [0.15, 0.2) is 36.4 Å². The van der Waals surface area contributed by atoms with Crippen molar-refractivity contribution in [3.05, 3.63) is 42.0 Å². The van der Waals surface area contributed by atoms with Gasteiger partial charge in [-0.3, -0.25) is 9.59 Å². The largest absolute Gasteiger partial charge is 0.352 e. The van der Waals surface area contributed by atoms with E-state index in [-0.39, 0.29) is 18.4 Å². The first-order chi connectivity index (χ1) is 9.56. The molecule has 0 saturated heterocycles. The Bertz CT molecular complexity index is 519. The number of nitrogens with one attached hydrogen (secondary N) is 1. The molecule has 1 aromatic carbocycles. The highest BCUT2D eigenvalue weighted by atomic mass is 16.2. The highest BCUT2D eigenvalue weighted by molar-refractivity contribution is 5.96. The molecule has 4 nitrogen and oxygen atoms in total. The lowest BCUT2D eigenvalue weighted by Crippen LogP contribution is -2.38. The zero-order valence-corrected chi connectivity index (χ0v) is 11.9. The molecule has 2 amide bonds. The van der Waals surface area contributed by atoms with Crippen LogP contribution < -0.4 is 5.32 Å². The molecule has 20 heavy (non-hydrogen) atoms. The van der Waals surface area contributed by atoms with E-state index in [0.29, 0.717) is 6.04 Å². The predicted molar refractivity (Wildman–Crippen MR) is 78.9 cm³/mol. The van der Waals surface area contributed by atoms with E-state index in [9.17, 15) is 9.59 Å². The smallest absolute Gasteiger partial charge is 0.247 e. The Morgan fingerprint density at radius 2 is 1.95 bits per heavy atom. The van der Waals surface area contributed by atoms with Crippen LogP contribution >= 0.6 is 0 Å². The second kappa shape index (κ2) is 6.37. The zero-order valence-electron chi connectivity index (χ0n) is 11.9. The van der Waals surface area contributed by atoms with Crippen molar-refractivity contribution in [1.29, 1.82) is 0 Å². The van der Waals surface area contributed by atoms with Gasteiger partial charge in [-0.25, -0.2) is 0 Å². The molecule has 0 radical (unpaired) electrons. The van der Waals surface area contributed by atoms with E-state index in [1.807, 2.05) is 37.3 Å². The third-order valence-electron chi connectivity index (χ3n) is 3.27. The van der Waals surface area contributed by atoms with Gasteiger partial charge in [-0.2, -0.15) is 0 Å². The minimum Gasteiger partial charge on any atom is -0.352 e. The molecular formula is C16H20N2O2. The lowest BCUT2D eigenvalue weighted by atomic mass is 10.1. The van der Waals surface area contributed by atoms with E-state index in [1.54, 1.807) is 13.1 Å². The van der Waals surface area contributed by atoms with E-state index in [0.717, 1.165) is 24.0 Å². The number of nitrogens with zero attached hydrogens (tertiary/aromatic N) is 1. The van der Waals surface area contributed by atoms with Crippen molar-refractivity contribution >= 4 is 17.4 Å². The monoisotopic (exact) mass is 272 g/mol. The molecule has 2 rings (SSSR count). The minimum atomic E-state index is -0.155. The van der Waals surface area contributed by atoms with Gasteiger partial charge in [0.25, 0.3) is 0 Å². The molecule has 0 aromatic heterocycles. The Labute approximate surface area is 119 Å². The van der Waals surface area contributed by atoms with Crippen LogP contribution in [0.25, 0.3) is 5.57 Å². The third kappa shape index (κ3) is 4.23. The number of allylic oxidation sites excluding steroid dienone is 1. The topological polar surface area (TPSA) is 49.4 Å². The van der Waals surface area contributed by atoms with Gasteiger partial charge in [0, 0.05) is 19.2 Å². The summed E-state index contributed by atoms with van der Waals surface area (Å²) in [5.74, 6) is -0.244. The first kappa shape index (κ1) is 14.3. The van der Waals surface area contributed by atoms with Crippen molar-refractivity contribution in [2.45, 2.75) is 25.8 Å². The summed E-state index contributed by atoms with van der Waals surface area (Å²) in [4.78, 5) is 25.1. The van der Waals surface area contributed by atoms with Gasteiger partial charge < -0.3 is 10.2 Å². The van der Waals surface area contributed by atoms with Gasteiger partial charge in [-0.1, -0.05) is 30.3 Å². The fourth-order valence-corrected chi connectivity index (χ4v) is 1.87. The average Bonchev–Trinajstić information content (AvgIpc) is 3.23. The standard InChI is InChI=1S/C16H20N2O2/c1-12(13-6-4-3-5-7-13)10-16(20)18(2)11-15(19)17-14-8-9-14/h3-7,10,14H,8-9,11H2,1-2H3,(H,17,19)/b12-10-. The molecule has 0 atom stereocenters. The van der Waals surface area contributed by atoms with E-state index in [2.05, 4.69) is 5.32 Å². The molecule has 1 aromatic rings. The van der Waals surface area contributed by atoms with Crippen LogP contribution in [-0.4, -0.2) is 36.3 Å². The van der Waals surface area contributed by atoms with Gasteiger partial charge >= 0.3 is 0 Å². The molecular weight excluding hydrogens is 252 g/mol. The number of hydrogen-bond donors (Lipinski definition) is 1. The van der Waals surface area contributed by atoms with Gasteiger partial charge in [0.1, 0.15) is 0 Å². The SMILES string of the molecule is C/C(=C/C(=O)N(C)CC(=O)NC1CC1)c1ccccc1. The molecule has 1 aliphatic rings. The predicted octanol–water partition coefficient (Wildman–Crippen LogP) is 1.83. The van der Waals surface area contributed by atoms with Gasteiger partial charge in [-0.05, 0) is 30.9 Å². The molecule has 0 bridgehead atoms. The van der Waals surface area contributed by atoms with Crippen molar-refractivity contribution in [3.63, 3.8) is 0 Å². The van der Waals surface area contributed by atoms with Crippen LogP contribution in [0.2, 0.25) is 0 Å². The van der Waals surface area contributed by atoms with Gasteiger partial charge in [0.2, 0.25) is 11.8 Å². The third-order valence-corrected chi connectivity index (χ3v) is 3.27. The first-order valence-corrected chi connectivity index (χ1v) is 6.84. The Kier molecular flexibility index (Phi) is 4.56. The fourth-order valence-electron chi connectivity index (χ4n) is 1.87. The summed E-state index contributed by atoms with van der Waals surface area (Å²) in [5.41, 5.74) is 1.90. The molecule has 1 fully saturated rings. The second-order valence-corrected chi connectivity index (χ2v) is 5.23. The number of carbonyl (C=O) groups excluding carboxylic acids is 2. The summed E-state index contributed by atoms with van der Waals surface area (Å²) in [6, 6.07) is 10.0. The molecule has 4 heteroatoms. The summed E-state index contributed by atoms with van der Waals surface area (Å²) < 4.78 is 0. The molecule has 1 saturated carbocycles. The van der Waals surface area contributed by atoms with Gasteiger partial charge in [0.15, 0.2) is 0 Å². The van der Waals surface area contributed by atoms with Crippen LogP contribution in [0.4, 0.5) is 0 Å². The molecule has 0 unspecified atom stereocenters. The summed E-state index contributed by atoms with van der Waals surface area (Å²) in [7, 11) is 1.64. The Hall–Kier alpha value is -2.10. The fraction of sp³-hybridized carbons (Fsp3) is 0.375. The normalized spacial score (nSPS) is 14.8. The number of rotatable bonds is 5. The molecule has 106 valence electrons. The Morgan fingerprint density at radius 1 is 1.30 bits per heavy atom. The van der Waals surface area contributed by atoms with Gasteiger partial charge in [0.05, 0.1) is 6.54 Å². The zero-order chi connectivity index (χ0) is 14.5. The summed E-state index contributed by atoms with van der Waals surface area (Å²) >= 11 is 0. The summed E-state index contributed by atoms with van der Waals surface area (Å²) in [6.45, 7) is 2.00. The van der Waals surface area contributed by atoms with E-state index in [1.165, 1.54) is 4.90 Å². The number of likely N-dealkylation sites (N-methyl/N-ethyl adjacent to an activating group) is 1. The van der Waals surface area contributed by atoms with Crippen molar-refractivity contribution < 1.29 is 9.59 Å². The van der Waals surface area contributed by atoms with Crippen molar-refractivity contribution in [2.75, 3.05) is 13.6 Å². The highest BCUT2D eigenvalue weighted by Crippen LogP contribution is 2.18. The second-order valence-electron chi connectivity index (χ2n) is 5.23. The number of hydrogen-bond acceptors (Lipinski definition) is 2. The molecule has 1 aliphatic carbocycles. The van der Waals surface area contributed by atoms with Crippen LogP contribution in [0.1, 0.15) is 25.3 Å². The minimum absolute atomic E-state index is 0.0888. The number of amides is 2. The number of benzene rings is 1. The molecule has 1 N–H and O–H groups in total. The Balaban J connectivity index is 1.90. The first-order valence-electron chi connectivity index (χ1n) is 6.84. The number of carbonyl (C=O) groups is 2. The maximum absolute atomic E-state index is 12.0. The quantitative estimate of drug-likeness (QED) is 0.831. The lowest BCUT2D eigenvalue weighted by Gasteiger charge is -2.15. The van der Waals surface area contributed by atoms with Crippen LogP contribution in [0.5, 0.6) is 0 Å². The van der Waals surface area contributed by atoms with E-state index in [4.69, 9.17) is 0 Å². The maximum atomic E-state index is 12.0. The van der Waals surface area contributed by atoms with Crippen molar-refractivity contribution in [3.8, 4) is 0 Å². The van der Waals surface area contributed by atoms with E-state index < -0.39 is 0 Å². The maximum Gasteiger partial charge on any atom is 0.247 e. The lowest BCUT2D eigenvalue weighted by molar-refractivity contribution is -0.131. The van der Waals surface area contributed by atoms with Crippen LogP contribution in [-0.2, 0) is 9.59 Å². The molecule has 0 heterocycles. The van der Waals surface area contributed by atoms with Crippen molar-refractivity contribution in [1.82, 2.24) is 10.2 Å². The molecule has 0 aliphatic heterocycles. The summed E-state index contributed by atoms with van der Waals surface area (Å²) in [6.07, 6.45) is 3.67. The average molecular weight is 272 g/mol. The van der Waals surface area contributed by atoms with Crippen LogP contribution in [0.3, 0.4) is 0 Å².